The molecule has 0 radical (unpaired) electrons. The second-order valence-corrected chi connectivity index (χ2v) is 11.6. The van der Waals surface area contributed by atoms with Gasteiger partial charge in [0.25, 0.3) is 12.3 Å². The molecule has 1 aliphatic heterocycles. The third-order valence-corrected chi connectivity index (χ3v) is 8.89. The third-order valence-electron chi connectivity index (χ3n) is 8.89. The predicted octanol–water partition coefficient (Wildman–Crippen LogP) is 5.18. The maximum absolute atomic E-state index is 14.2. The molecule has 0 bridgehead atoms. The summed E-state index contributed by atoms with van der Waals surface area (Å²) in [4.78, 5) is 27.5. The minimum atomic E-state index is -2.77. The van der Waals surface area contributed by atoms with Gasteiger partial charge in [-0.15, -0.1) is 10.2 Å². The van der Waals surface area contributed by atoms with Crippen molar-refractivity contribution in [1.82, 2.24) is 20.1 Å². The van der Waals surface area contributed by atoms with Crippen LogP contribution >= 0.6 is 0 Å². The van der Waals surface area contributed by atoms with Gasteiger partial charge >= 0.3 is 6.09 Å². The molecule has 0 spiro atoms. The SMILES string of the molecule is COC1CC(c2cccc(N3Cc4c(cc(CNC(=O)OC5(C)CCC5)cc4C(F)F)C3=O)c2)(c2nncn2C)C1. The molecule has 11 heteroatoms. The highest BCUT2D eigenvalue weighted by Crippen LogP contribution is 2.50. The summed E-state index contributed by atoms with van der Waals surface area (Å²) in [6.07, 6.45) is 2.38. The molecular formula is C30H33F2N5O4. The molecule has 3 aliphatic rings. The van der Waals surface area contributed by atoms with Crippen LogP contribution in [0.3, 0.4) is 0 Å². The van der Waals surface area contributed by atoms with Gasteiger partial charge in [-0.25, -0.2) is 13.6 Å². The molecule has 2 fully saturated rings. The smallest absolute Gasteiger partial charge is 0.407 e. The molecule has 2 amide bonds. The number of anilines is 1. The zero-order valence-corrected chi connectivity index (χ0v) is 23.3. The molecule has 216 valence electrons. The van der Waals surface area contributed by atoms with Gasteiger partial charge in [0.05, 0.1) is 18.1 Å². The van der Waals surface area contributed by atoms with E-state index >= 15 is 0 Å². The summed E-state index contributed by atoms with van der Waals surface area (Å²) in [6, 6.07) is 10.6. The van der Waals surface area contributed by atoms with E-state index in [0.717, 1.165) is 30.7 Å². The molecule has 9 nitrogen and oxygen atoms in total. The van der Waals surface area contributed by atoms with Crippen molar-refractivity contribution >= 4 is 17.7 Å². The van der Waals surface area contributed by atoms with Gasteiger partial charge in [0.1, 0.15) is 17.8 Å². The van der Waals surface area contributed by atoms with E-state index in [2.05, 4.69) is 15.5 Å². The van der Waals surface area contributed by atoms with E-state index in [-0.39, 0.29) is 36.2 Å². The molecule has 0 atom stereocenters. The fraction of sp³-hybridized carbons (Fsp3) is 0.467. The molecule has 6 rings (SSSR count). The van der Waals surface area contributed by atoms with E-state index in [1.807, 2.05) is 42.8 Å². The lowest BCUT2D eigenvalue weighted by atomic mass is 9.62. The number of ether oxygens (including phenoxy) is 2. The number of amides is 2. The summed E-state index contributed by atoms with van der Waals surface area (Å²) in [6.45, 7) is 1.88. The van der Waals surface area contributed by atoms with Crippen LogP contribution in [0.25, 0.3) is 0 Å². The Morgan fingerprint density at radius 3 is 2.63 bits per heavy atom. The highest BCUT2D eigenvalue weighted by molar-refractivity contribution is 6.10. The van der Waals surface area contributed by atoms with Crippen LogP contribution in [-0.2, 0) is 35.0 Å². The van der Waals surface area contributed by atoms with Crippen LogP contribution in [0, 0.1) is 0 Å². The van der Waals surface area contributed by atoms with Gasteiger partial charge in [-0.2, -0.15) is 0 Å². The molecule has 0 saturated heterocycles. The van der Waals surface area contributed by atoms with Crippen LogP contribution in [0.4, 0.5) is 19.3 Å². The average Bonchev–Trinajstić information content (AvgIpc) is 3.49. The van der Waals surface area contributed by atoms with Gasteiger partial charge in [0, 0.05) is 37.5 Å². The van der Waals surface area contributed by atoms with Crippen molar-refractivity contribution in [2.24, 2.45) is 7.05 Å². The van der Waals surface area contributed by atoms with Crippen LogP contribution in [0.5, 0.6) is 0 Å². The molecular weight excluding hydrogens is 532 g/mol. The number of hydrogen-bond donors (Lipinski definition) is 1. The van der Waals surface area contributed by atoms with E-state index in [1.165, 1.54) is 11.0 Å². The highest BCUT2D eigenvalue weighted by atomic mass is 19.3. The molecule has 1 aromatic heterocycles. The van der Waals surface area contributed by atoms with E-state index < -0.39 is 23.5 Å². The predicted molar refractivity (Wildman–Crippen MR) is 146 cm³/mol. The fourth-order valence-corrected chi connectivity index (χ4v) is 6.33. The van der Waals surface area contributed by atoms with Crippen molar-refractivity contribution in [2.45, 2.75) is 75.7 Å². The largest absolute Gasteiger partial charge is 0.443 e. The second-order valence-electron chi connectivity index (χ2n) is 11.6. The van der Waals surface area contributed by atoms with Gasteiger partial charge in [0.2, 0.25) is 0 Å². The van der Waals surface area contributed by atoms with Gasteiger partial charge in [-0.05, 0) is 80.0 Å². The number of carbonyl (C=O) groups excluding carboxylic acids is 2. The Balaban J connectivity index is 1.26. The number of nitrogens with zero attached hydrogens (tertiary/aromatic N) is 4. The van der Waals surface area contributed by atoms with Crippen molar-refractivity contribution in [1.29, 1.82) is 0 Å². The maximum Gasteiger partial charge on any atom is 0.407 e. The number of aromatic nitrogens is 3. The summed E-state index contributed by atoms with van der Waals surface area (Å²) in [5.74, 6) is 0.447. The first kappa shape index (κ1) is 27.3. The molecule has 1 N–H and O–H groups in total. The third kappa shape index (κ3) is 4.75. The number of benzene rings is 2. The fourth-order valence-electron chi connectivity index (χ4n) is 6.33. The quantitative estimate of drug-likeness (QED) is 0.404. The number of halogens is 2. The molecule has 2 saturated carbocycles. The average molecular weight is 566 g/mol. The maximum atomic E-state index is 14.2. The standard InChI is InChI=1S/C30H33F2N5O4/c1-29(8-5-9-29)41-28(39)33-15-18-10-22(25(31)32)24-16-37(26(38)23(24)11-18)20-7-4-6-19(12-20)30(13-21(14-30)40-3)27-35-34-17-36(27)2/h4,6-7,10-12,17,21,25H,5,8-9,13-16H2,1-3H3,(H,33,39). The van der Waals surface area contributed by atoms with Crippen LogP contribution in [-0.4, -0.2) is 45.6 Å². The minimum absolute atomic E-state index is 0.0223. The Bertz CT molecular complexity index is 1500. The Morgan fingerprint density at radius 2 is 2.00 bits per heavy atom. The zero-order valence-electron chi connectivity index (χ0n) is 23.3. The summed E-state index contributed by atoms with van der Waals surface area (Å²) < 4.78 is 41.3. The molecule has 2 heterocycles. The number of methoxy groups -OCH3 is 1. The summed E-state index contributed by atoms with van der Waals surface area (Å²) >= 11 is 0. The first-order valence-electron chi connectivity index (χ1n) is 13.8. The van der Waals surface area contributed by atoms with Crippen LogP contribution in [0.15, 0.2) is 42.7 Å². The van der Waals surface area contributed by atoms with Crippen LogP contribution in [0.2, 0.25) is 0 Å². The number of alkyl carbamates (subject to hydrolysis) is 1. The number of aryl methyl sites for hydroxylation is 1. The minimum Gasteiger partial charge on any atom is -0.443 e. The first-order chi connectivity index (χ1) is 19.6. The summed E-state index contributed by atoms with van der Waals surface area (Å²) in [5, 5.41) is 11.1. The van der Waals surface area contributed by atoms with Gasteiger partial charge in [-0.3, -0.25) is 4.79 Å². The van der Waals surface area contributed by atoms with Crippen molar-refractivity contribution in [2.75, 3.05) is 12.0 Å². The lowest BCUT2D eigenvalue weighted by Gasteiger charge is -2.46. The van der Waals surface area contributed by atoms with Crippen LogP contribution < -0.4 is 10.2 Å². The first-order valence-corrected chi connectivity index (χ1v) is 13.8. The molecule has 2 aromatic carbocycles. The van der Waals surface area contributed by atoms with Gasteiger partial charge in [-0.1, -0.05) is 12.1 Å². The Labute approximate surface area is 236 Å². The number of carbonyl (C=O) groups is 2. The monoisotopic (exact) mass is 565 g/mol. The Hall–Kier alpha value is -3.86. The second kappa shape index (κ2) is 10.2. The number of hydrogen-bond acceptors (Lipinski definition) is 6. The molecule has 41 heavy (non-hydrogen) atoms. The lowest BCUT2D eigenvalue weighted by Crippen LogP contribution is -2.48. The van der Waals surface area contributed by atoms with Crippen molar-refractivity contribution in [3.8, 4) is 0 Å². The number of fused-ring (bicyclic) bond motifs is 1. The van der Waals surface area contributed by atoms with E-state index in [9.17, 15) is 18.4 Å². The van der Waals surface area contributed by atoms with Crippen molar-refractivity contribution in [3.63, 3.8) is 0 Å². The normalized spacial score (nSPS) is 22.7. The molecule has 2 aliphatic carbocycles. The highest BCUT2D eigenvalue weighted by Gasteiger charge is 2.50. The summed E-state index contributed by atoms with van der Waals surface area (Å²) in [5.41, 5.74) is 1.39. The van der Waals surface area contributed by atoms with Crippen LogP contribution in [0.1, 0.15) is 83.9 Å². The zero-order chi connectivity index (χ0) is 28.9. The van der Waals surface area contributed by atoms with Gasteiger partial charge in [0.15, 0.2) is 0 Å². The Kier molecular flexibility index (Phi) is 6.80. The lowest BCUT2D eigenvalue weighted by molar-refractivity contribution is -0.0323. The van der Waals surface area contributed by atoms with Gasteiger partial charge < -0.3 is 24.3 Å². The van der Waals surface area contributed by atoms with Crippen molar-refractivity contribution in [3.05, 3.63) is 76.4 Å². The number of rotatable bonds is 8. The van der Waals surface area contributed by atoms with E-state index in [4.69, 9.17) is 9.47 Å². The van der Waals surface area contributed by atoms with E-state index in [0.29, 0.717) is 29.7 Å². The topological polar surface area (TPSA) is 98.6 Å². The Morgan fingerprint density at radius 1 is 1.22 bits per heavy atom. The van der Waals surface area contributed by atoms with Crippen molar-refractivity contribution < 1.29 is 27.8 Å². The number of nitrogens with one attached hydrogen (secondary N) is 1. The molecule has 3 aromatic rings. The number of alkyl halides is 2. The van der Waals surface area contributed by atoms with E-state index in [1.54, 1.807) is 19.5 Å². The molecule has 0 unspecified atom stereocenters. The summed E-state index contributed by atoms with van der Waals surface area (Å²) in [7, 11) is 3.58.